The Bertz CT molecular complexity index is 582. The van der Waals surface area contributed by atoms with Gasteiger partial charge in [0.05, 0.1) is 6.54 Å². The molecule has 0 atom stereocenters. The van der Waals surface area contributed by atoms with Gasteiger partial charge in [-0.3, -0.25) is 14.4 Å². The number of carboxylic acid groups (broad SMARTS) is 1. The van der Waals surface area contributed by atoms with Gasteiger partial charge >= 0.3 is 10.8 Å². The van der Waals surface area contributed by atoms with Gasteiger partial charge in [0.15, 0.2) is 0 Å². The van der Waals surface area contributed by atoms with E-state index in [1.165, 1.54) is 0 Å². The molecule has 0 aromatic carbocycles. The molecule has 0 saturated carbocycles. The Balaban J connectivity index is 2.51. The van der Waals surface area contributed by atoms with Gasteiger partial charge in [-0.2, -0.15) is 0 Å². The second-order valence-corrected chi connectivity index (χ2v) is 5.07. The van der Waals surface area contributed by atoms with Gasteiger partial charge < -0.3 is 14.6 Å². The predicted octanol–water partition coefficient (Wildman–Crippen LogP) is 0.545. The molecule has 0 bridgehead atoms. The molecule has 20 heavy (non-hydrogen) atoms. The Hall–Kier alpha value is -2.07. The standard InChI is InChI=1S/C13H16N2O4S/c1-3-6-14(8-12(17)18)11(16)5-4-7-15-10(2)9-20-13(15)19/h1,9H,4-8H2,2H3,(H,17,18). The molecule has 6 nitrogen and oxygen atoms in total. The topological polar surface area (TPSA) is 79.6 Å². The predicted molar refractivity (Wildman–Crippen MR) is 75.6 cm³/mol. The summed E-state index contributed by atoms with van der Waals surface area (Å²) in [4.78, 5) is 35.0. The maximum Gasteiger partial charge on any atom is 0.323 e. The number of nitrogens with zero attached hydrogens (tertiary/aromatic N) is 2. The molecule has 0 aliphatic heterocycles. The van der Waals surface area contributed by atoms with Crippen LogP contribution in [0.15, 0.2) is 10.2 Å². The molecule has 1 aromatic heterocycles. The highest BCUT2D eigenvalue weighted by atomic mass is 32.1. The van der Waals surface area contributed by atoms with Crippen LogP contribution in [0.2, 0.25) is 0 Å². The first-order valence-corrected chi connectivity index (χ1v) is 6.91. The molecule has 0 spiro atoms. The van der Waals surface area contributed by atoms with Crippen molar-refractivity contribution in [3.8, 4) is 12.3 Å². The van der Waals surface area contributed by atoms with Crippen molar-refractivity contribution in [2.75, 3.05) is 13.1 Å². The van der Waals surface area contributed by atoms with Crippen molar-refractivity contribution in [1.29, 1.82) is 0 Å². The zero-order valence-corrected chi connectivity index (χ0v) is 12.0. The maximum absolute atomic E-state index is 11.8. The van der Waals surface area contributed by atoms with Crippen LogP contribution in [0, 0.1) is 19.3 Å². The number of carbonyl (C=O) groups excluding carboxylic acids is 1. The van der Waals surface area contributed by atoms with E-state index < -0.39 is 12.5 Å². The first-order valence-electron chi connectivity index (χ1n) is 6.03. The van der Waals surface area contributed by atoms with Crippen molar-refractivity contribution in [2.45, 2.75) is 26.3 Å². The van der Waals surface area contributed by atoms with Crippen LogP contribution in [0.25, 0.3) is 0 Å². The minimum atomic E-state index is -1.10. The molecule has 0 radical (unpaired) electrons. The number of aromatic nitrogens is 1. The van der Waals surface area contributed by atoms with E-state index in [1.54, 1.807) is 9.95 Å². The van der Waals surface area contributed by atoms with E-state index in [4.69, 9.17) is 11.5 Å². The monoisotopic (exact) mass is 296 g/mol. The Morgan fingerprint density at radius 1 is 1.55 bits per heavy atom. The molecule has 1 rings (SSSR count). The second-order valence-electron chi connectivity index (χ2n) is 4.25. The molecule has 1 aromatic rings. The summed E-state index contributed by atoms with van der Waals surface area (Å²) in [6, 6.07) is 0. The van der Waals surface area contributed by atoms with Gasteiger partial charge in [-0.1, -0.05) is 17.3 Å². The SMILES string of the molecule is C#CCN(CC(=O)O)C(=O)CCCn1c(C)csc1=O. The summed E-state index contributed by atoms with van der Waals surface area (Å²) >= 11 is 1.12. The molecule has 0 aliphatic rings. The van der Waals surface area contributed by atoms with Crippen molar-refractivity contribution in [1.82, 2.24) is 9.47 Å². The normalized spacial score (nSPS) is 10.0. The number of aryl methyl sites for hydroxylation is 1. The van der Waals surface area contributed by atoms with Gasteiger partial charge in [0.25, 0.3) is 0 Å². The number of rotatable bonds is 7. The third-order valence-corrected chi connectivity index (χ3v) is 3.59. The van der Waals surface area contributed by atoms with Crippen LogP contribution in [0.1, 0.15) is 18.5 Å². The lowest BCUT2D eigenvalue weighted by atomic mass is 10.2. The second kappa shape index (κ2) is 7.50. The molecule has 0 saturated heterocycles. The largest absolute Gasteiger partial charge is 0.480 e. The van der Waals surface area contributed by atoms with E-state index >= 15 is 0 Å². The van der Waals surface area contributed by atoms with Crippen LogP contribution in [-0.2, 0) is 16.1 Å². The van der Waals surface area contributed by atoms with Crippen molar-refractivity contribution >= 4 is 23.2 Å². The lowest BCUT2D eigenvalue weighted by molar-refractivity contribution is -0.144. The molecule has 0 aliphatic carbocycles. The number of carboxylic acids is 1. The van der Waals surface area contributed by atoms with Gasteiger partial charge in [0.1, 0.15) is 6.54 Å². The van der Waals surface area contributed by atoms with Crippen molar-refractivity contribution in [3.63, 3.8) is 0 Å². The number of amides is 1. The number of aliphatic carboxylic acids is 1. The van der Waals surface area contributed by atoms with E-state index in [0.29, 0.717) is 13.0 Å². The quantitative estimate of drug-likeness (QED) is 0.745. The summed E-state index contributed by atoms with van der Waals surface area (Å²) in [5.41, 5.74) is 0.860. The first kappa shape index (κ1) is 16.0. The number of hydrogen-bond acceptors (Lipinski definition) is 4. The van der Waals surface area contributed by atoms with Crippen LogP contribution < -0.4 is 4.87 Å². The van der Waals surface area contributed by atoms with Crippen molar-refractivity contribution in [2.24, 2.45) is 0 Å². The van der Waals surface area contributed by atoms with Gasteiger partial charge in [-0.25, -0.2) is 0 Å². The van der Waals surface area contributed by atoms with Crippen molar-refractivity contribution in [3.05, 3.63) is 20.7 Å². The number of terminal acetylenes is 1. The Kier molecular flexibility index (Phi) is 6.00. The molecule has 1 heterocycles. The third kappa shape index (κ3) is 4.55. The minimum Gasteiger partial charge on any atom is -0.480 e. The van der Waals surface area contributed by atoms with Crippen LogP contribution >= 0.6 is 11.3 Å². The summed E-state index contributed by atoms with van der Waals surface area (Å²) in [5, 5.41) is 10.5. The minimum absolute atomic E-state index is 0.0252. The summed E-state index contributed by atoms with van der Waals surface area (Å²) in [5.74, 6) is 0.852. The van der Waals surface area contributed by atoms with Crippen LogP contribution in [0.3, 0.4) is 0 Å². The lowest BCUT2D eigenvalue weighted by Gasteiger charge is -2.17. The average Bonchev–Trinajstić information content (AvgIpc) is 2.69. The molecule has 1 N–H and O–H groups in total. The smallest absolute Gasteiger partial charge is 0.323 e. The van der Waals surface area contributed by atoms with Gasteiger partial charge in [-0.15, -0.1) is 6.42 Å². The lowest BCUT2D eigenvalue weighted by Crippen LogP contribution is -2.36. The fourth-order valence-corrected chi connectivity index (χ4v) is 2.49. The fraction of sp³-hybridized carbons (Fsp3) is 0.462. The molecule has 7 heteroatoms. The highest BCUT2D eigenvalue weighted by Gasteiger charge is 2.15. The molecule has 0 fully saturated rings. The molecule has 0 unspecified atom stereocenters. The van der Waals surface area contributed by atoms with E-state index in [0.717, 1.165) is 21.9 Å². The summed E-state index contributed by atoms with van der Waals surface area (Å²) < 4.78 is 1.60. The van der Waals surface area contributed by atoms with E-state index in [-0.39, 0.29) is 23.7 Å². The fourth-order valence-electron chi connectivity index (χ4n) is 1.73. The zero-order chi connectivity index (χ0) is 15.1. The first-order chi connectivity index (χ1) is 9.45. The highest BCUT2D eigenvalue weighted by molar-refractivity contribution is 7.07. The number of carbonyl (C=O) groups is 2. The zero-order valence-electron chi connectivity index (χ0n) is 11.2. The van der Waals surface area contributed by atoms with E-state index in [2.05, 4.69) is 5.92 Å². The van der Waals surface area contributed by atoms with E-state index in [9.17, 15) is 14.4 Å². The van der Waals surface area contributed by atoms with E-state index in [1.807, 2.05) is 6.92 Å². The van der Waals surface area contributed by atoms with Crippen LogP contribution in [0.4, 0.5) is 0 Å². The summed E-state index contributed by atoms with van der Waals surface area (Å²) in [6.07, 6.45) is 5.74. The van der Waals surface area contributed by atoms with Crippen LogP contribution in [-0.4, -0.2) is 39.5 Å². The Morgan fingerprint density at radius 2 is 2.25 bits per heavy atom. The third-order valence-electron chi connectivity index (χ3n) is 2.71. The molecule has 108 valence electrons. The number of thiazole rings is 1. The summed E-state index contributed by atoms with van der Waals surface area (Å²) in [6.45, 7) is 1.84. The highest BCUT2D eigenvalue weighted by Crippen LogP contribution is 2.04. The Morgan fingerprint density at radius 3 is 2.75 bits per heavy atom. The van der Waals surface area contributed by atoms with Gasteiger partial charge in [-0.05, 0) is 13.3 Å². The van der Waals surface area contributed by atoms with Gasteiger partial charge in [0, 0.05) is 24.0 Å². The maximum atomic E-state index is 11.8. The van der Waals surface area contributed by atoms with Gasteiger partial charge in [0.2, 0.25) is 5.91 Å². The average molecular weight is 296 g/mol. The summed E-state index contributed by atoms with van der Waals surface area (Å²) in [7, 11) is 0. The Labute approximate surface area is 120 Å². The van der Waals surface area contributed by atoms with Crippen LogP contribution in [0.5, 0.6) is 0 Å². The molecule has 1 amide bonds. The molecular formula is C13H16N2O4S. The number of hydrogen-bond donors (Lipinski definition) is 1. The van der Waals surface area contributed by atoms with Crippen molar-refractivity contribution < 1.29 is 14.7 Å². The molecular weight excluding hydrogens is 280 g/mol.